The van der Waals surface area contributed by atoms with Crippen molar-refractivity contribution >= 4 is 46.8 Å². The van der Waals surface area contributed by atoms with E-state index < -0.39 is 0 Å². The Balaban J connectivity index is 2.23. The van der Waals surface area contributed by atoms with Crippen molar-refractivity contribution in [2.45, 2.75) is 25.3 Å². The minimum absolute atomic E-state index is 0.114. The molecule has 2 aromatic carbocycles. The van der Waals surface area contributed by atoms with Crippen LogP contribution in [0.3, 0.4) is 0 Å². The highest BCUT2D eigenvalue weighted by Gasteiger charge is 2.12. The second-order valence-electron chi connectivity index (χ2n) is 5.78. The number of pyridine rings is 1. The van der Waals surface area contributed by atoms with Crippen molar-refractivity contribution in [3.05, 3.63) is 52.7 Å². The Morgan fingerprint density at radius 1 is 1.04 bits per heavy atom. The second-order valence-corrected chi connectivity index (χ2v) is 7.38. The third-order valence-electron chi connectivity index (χ3n) is 4.57. The van der Waals surface area contributed by atoms with Gasteiger partial charge < -0.3 is 9.47 Å². The van der Waals surface area contributed by atoms with E-state index in [2.05, 4.69) is 50.3 Å². The summed E-state index contributed by atoms with van der Waals surface area (Å²) in [6.07, 6.45) is 0. The summed E-state index contributed by atoms with van der Waals surface area (Å²) in [5.74, 6) is 0. The highest BCUT2D eigenvalue weighted by molar-refractivity contribution is 9.50. The molecule has 24 heavy (non-hydrogen) atoms. The fourth-order valence-electron chi connectivity index (χ4n) is 3.18. The molecular formula is C19H21BrN2OS. The summed E-state index contributed by atoms with van der Waals surface area (Å²) >= 11 is 3.41. The molecule has 0 aliphatic rings. The number of fused-ring (bicyclic) bond motifs is 2. The van der Waals surface area contributed by atoms with Gasteiger partial charge in [-0.1, -0.05) is 26.0 Å². The van der Waals surface area contributed by atoms with Crippen LogP contribution in [0, 0.1) is 0 Å². The summed E-state index contributed by atoms with van der Waals surface area (Å²) in [7, 11) is 1.49. The number of rotatable bonds is 6. The zero-order valence-electron chi connectivity index (χ0n) is 14.0. The molecule has 126 valence electrons. The standard InChI is InChI=1S/C19H21BrN2OS/c1-3-21(4-2)11-12-22-17-8-6-5-7-15(17)19(23)16-13-14(24-20)9-10-18(16)22/h5-10,13H,3-4,11-12H2,1-2H3. The Kier molecular flexibility index (Phi) is 5.64. The summed E-state index contributed by atoms with van der Waals surface area (Å²) in [5.41, 5.74) is 2.14. The van der Waals surface area contributed by atoms with Gasteiger partial charge in [-0.25, -0.2) is 0 Å². The van der Waals surface area contributed by atoms with E-state index in [9.17, 15) is 4.79 Å². The molecule has 0 amide bonds. The first-order chi connectivity index (χ1) is 11.7. The van der Waals surface area contributed by atoms with Gasteiger partial charge in [0.05, 0.1) is 11.0 Å². The third-order valence-corrected chi connectivity index (χ3v) is 6.12. The van der Waals surface area contributed by atoms with Gasteiger partial charge in [-0.15, -0.1) is 0 Å². The van der Waals surface area contributed by atoms with Crippen LogP contribution in [0.4, 0.5) is 0 Å². The average molecular weight is 405 g/mol. The number of nitrogens with zero attached hydrogens (tertiary/aromatic N) is 2. The zero-order chi connectivity index (χ0) is 17.1. The van der Waals surface area contributed by atoms with Crippen molar-refractivity contribution in [3.63, 3.8) is 0 Å². The predicted molar refractivity (Wildman–Crippen MR) is 108 cm³/mol. The van der Waals surface area contributed by atoms with Crippen molar-refractivity contribution in [1.82, 2.24) is 9.47 Å². The molecule has 0 spiro atoms. The molecule has 0 bridgehead atoms. The average Bonchev–Trinajstić information content (AvgIpc) is 2.64. The SMILES string of the molecule is CCN(CC)CCn1c2ccccc2c(=O)c2cc(SBr)ccc21. The Morgan fingerprint density at radius 2 is 1.75 bits per heavy atom. The van der Waals surface area contributed by atoms with Crippen LogP contribution in [0.25, 0.3) is 21.8 Å². The van der Waals surface area contributed by atoms with Gasteiger partial charge in [-0.2, -0.15) is 0 Å². The molecule has 0 saturated carbocycles. The van der Waals surface area contributed by atoms with Crippen molar-refractivity contribution in [1.29, 1.82) is 0 Å². The van der Waals surface area contributed by atoms with E-state index in [4.69, 9.17) is 0 Å². The first-order valence-electron chi connectivity index (χ1n) is 8.25. The molecule has 0 aliphatic carbocycles. The van der Waals surface area contributed by atoms with Crippen LogP contribution in [0.15, 0.2) is 52.2 Å². The fourth-order valence-corrected chi connectivity index (χ4v) is 4.06. The van der Waals surface area contributed by atoms with Crippen molar-refractivity contribution < 1.29 is 0 Å². The molecule has 0 unspecified atom stereocenters. The van der Waals surface area contributed by atoms with Gasteiger partial charge in [0.15, 0.2) is 5.43 Å². The number of aromatic nitrogens is 1. The molecule has 0 aliphatic heterocycles. The van der Waals surface area contributed by atoms with Crippen molar-refractivity contribution in [2.24, 2.45) is 0 Å². The lowest BCUT2D eigenvalue weighted by molar-refractivity contribution is 0.293. The number of benzene rings is 2. The van der Waals surface area contributed by atoms with E-state index in [1.807, 2.05) is 30.3 Å². The first-order valence-corrected chi connectivity index (χ1v) is 10.9. The second kappa shape index (κ2) is 7.72. The fraction of sp³-hybridized carbons (Fsp3) is 0.316. The Labute approximate surface area is 153 Å². The van der Waals surface area contributed by atoms with E-state index in [0.29, 0.717) is 0 Å². The number of hydrogen-bond acceptors (Lipinski definition) is 3. The van der Waals surface area contributed by atoms with Crippen LogP contribution in [0.1, 0.15) is 13.8 Å². The first kappa shape index (κ1) is 17.5. The highest BCUT2D eigenvalue weighted by Crippen LogP contribution is 2.28. The molecule has 0 fully saturated rings. The number of halogens is 1. The maximum Gasteiger partial charge on any atom is 0.197 e. The Bertz CT molecular complexity index is 918. The highest BCUT2D eigenvalue weighted by atomic mass is 79.9. The van der Waals surface area contributed by atoms with E-state index in [0.717, 1.165) is 52.9 Å². The van der Waals surface area contributed by atoms with Crippen LogP contribution in [0.5, 0.6) is 0 Å². The summed E-state index contributed by atoms with van der Waals surface area (Å²) in [6.45, 7) is 8.30. The lowest BCUT2D eigenvalue weighted by Crippen LogP contribution is -2.27. The van der Waals surface area contributed by atoms with Gasteiger partial charge in [-0.3, -0.25) is 4.79 Å². The largest absolute Gasteiger partial charge is 0.339 e. The van der Waals surface area contributed by atoms with E-state index in [1.165, 1.54) is 10.2 Å². The molecule has 1 heterocycles. The molecule has 1 aromatic heterocycles. The van der Waals surface area contributed by atoms with Gasteiger partial charge in [-0.05, 0) is 68.4 Å². The minimum Gasteiger partial charge on any atom is -0.339 e. The zero-order valence-corrected chi connectivity index (χ0v) is 16.4. The molecule has 0 saturated heterocycles. The molecular weight excluding hydrogens is 384 g/mol. The van der Waals surface area contributed by atoms with Crippen molar-refractivity contribution in [3.8, 4) is 0 Å². The smallest absolute Gasteiger partial charge is 0.197 e. The molecule has 5 heteroatoms. The third kappa shape index (κ3) is 3.25. The Hall–Kier alpha value is -1.30. The van der Waals surface area contributed by atoms with E-state index in [1.54, 1.807) is 0 Å². The van der Waals surface area contributed by atoms with E-state index in [-0.39, 0.29) is 5.43 Å². The number of likely N-dealkylation sites (N-methyl/N-ethyl adjacent to an activating group) is 1. The summed E-state index contributed by atoms with van der Waals surface area (Å²) in [5, 5.41) is 1.58. The quantitative estimate of drug-likeness (QED) is 0.546. The number of hydrogen-bond donors (Lipinski definition) is 0. The summed E-state index contributed by atoms with van der Waals surface area (Å²) in [6, 6.07) is 14.0. The topological polar surface area (TPSA) is 25.2 Å². The van der Waals surface area contributed by atoms with Gasteiger partial charge in [0.25, 0.3) is 0 Å². The maximum atomic E-state index is 12.9. The van der Waals surface area contributed by atoms with Crippen LogP contribution in [0.2, 0.25) is 0 Å². The normalized spacial score (nSPS) is 11.7. The number of para-hydroxylation sites is 1. The Morgan fingerprint density at radius 3 is 2.46 bits per heavy atom. The summed E-state index contributed by atoms with van der Waals surface area (Å²) < 4.78 is 2.28. The van der Waals surface area contributed by atoms with Crippen LogP contribution in [-0.4, -0.2) is 29.1 Å². The molecule has 3 rings (SSSR count). The molecule has 3 aromatic rings. The van der Waals surface area contributed by atoms with Gasteiger partial charge in [0, 0.05) is 28.8 Å². The predicted octanol–water partition coefficient (Wildman–Crippen LogP) is 4.90. The summed E-state index contributed by atoms with van der Waals surface area (Å²) in [4.78, 5) is 16.4. The molecule has 3 nitrogen and oxygen atoms in total. The van der Waals surface area contributed by atoms with Crippen LogP contribution >= 0.6 is 25.0 Å². The van der Waals surface area contributed by atoms with E-state index >= 15 is 0 Å². The van der Waals surface area contributed by atoms with Gasteiger partial charge >= 0.3 is 0 Å². The molecule has 0 radical (unpaired) electrons. The van der Waals surface area contributed by atoms with Crippen LogP contribution < -0.4 is 5.43 Å². The molecule has 0 N–H and O–H groups in total. The van der Waals surface area contributed by atoms with Crippen molar-refractivity contribution in [2.75, 3.05) is 19.6 Å². The molecule has 0 atom stereocenters. The van der Waals surface area contributed by atoms with Gasteiger partial charge in [0.1, 0.15) is 0 Å². The lowest BCUT2D eigenvalue weighted by Gasteiger charge is -2.21. The maximum absolute atomic E-state index is 12.9. The lowest BCUT2D eigenvalue weighted by atomic mass is 10.1. The minimum atomic E-state index is 0.114. The monoisotopic (exact) mass is 404 g/mol. The van der Waals surface area contributed by atoms with Crippen LogP contribution in [-0.2, 0) is 6.54 Å². The van der Waals surface area contributed by atoms with Gasteiger partial charge in [0.2, 0.25) is 0 Å².